The smallest absolute Gasteiger partial charge is 0.255 e. The van der Waals surface area contributed by atoms with E-state index in [1.807, 2.05) is 13.8 Å². The molecule has 2 atom stereocenters. The van der Waals surface area contributed by atoms with Crippen molar-refractivity contribution in [1.82, 2.24) is 10.2 Å². The second kappa shape index (κ2) is 8.65. The molecule has 2 aliphatic rings. The molecule has 1 saturated heterocycles. The summed E-state index contributed by atoms with van der Waals surface area (Å²) in [7, 11) is 0. The highest BCUT2D eigenvalue weighted by atomic mass is 19.1. The van der Waals surface area contributed by atoms with E-state index in [4.69, 9.17) is 0 Å². The first kappa shape index (κ1) is 21.9. The normalized spacial score (nSPS) is 19.2. The molecule has 7 heteroatoms. The Kier molecular flexibility index (Phi) is 5.91. The van der Waals surface area contributed by atoms with Crippen molar-refractivity contribution in [3.63, 3.8) is 0 Å². The van der Waals surface area contributed by atoms with Crippen LogP contribution >= 0.6 is 0 Å². The van der Waals surface area contributed by atoms with E-state index in [0.29, 0.717) is 22.3 Å². The SMILES string of the molecule is CC(C)[C@H](CC(=O)c1ccc2c(c1)CN(C1CCC(=O)NC1=O)C2=O)c1ccccc1F. The molecule has 32 heavy (non-hydrogen) atoms. The van der Waals surface area contributed by atoms with Crippen molar-refractivity contribution >= 4 is 23.5 Å². The fourth-order valence-electron chi connectivity index (χ4n) is 4.55. The summed E-state index contributed by atoms with van der Waals surface area (Å²) in [5, 5.41) is 2.28. The summed E-state index contributed by atoms with van der Waals surface area (Å²) in [5.74, 6) is -1.73. The number of hydrogen-bond donors (Lipinski definition) is 1. The fraction of sp³-hybridized carbons (Fsp3) is 0.360. The molecule has 0 saturated carbocycles. The minimum Gasteiger partial charge on any atom is -0.322 e. The number of Topliss-reactive ketones (excluding diaryl/α,β-unsaturated/α-hetero) is 1. The van der Waals surface area contributed by atoms with E-state index in [0.717, 1.165) is 0 Å². The van der Waals surface area contributed by atoms with E-state index in [9.17, 15) is 23.6 Å². The highest BCUT2D eigenvalue weighted by Crippen LogP contribution is 2.33. The lowest BCUT2D eigenvalue weighted by atomic mass is 9.83. The molecule has 1 fully saturated rings. The van der Waals surface area contributed by atoms with Gasteiger partial charge in [0.25, 0.3) is 5.91 Å². The zero-order valence-corrected chi connectivity index (χ0v) is 18.1. The zero-order chi connectivity index (χ0) is 23.0. The average Bonchev–Trinajstić information content (AvgIpc) is 3.08. The Hall–Kier alpha value is -3.35. The van der Waals surface area contributed by atoms with Gasteiger partial charge in [0.15, 0.2) is 5.78 Å². The monoisotopic (exact) mass is 436 g/mol. The Balaban J connectivity index is 1.53. The maximum Gasteiger partial charge on any atom is 0.255 e. The average molecular weight is 436 g/mol. The fourth-order valence-corrected chi connectivity index (χ4v) is 4.55. The van der Waals surface area contributed by atoms with Gasteiger partial charge in [0.2, 0.25) is 11.8 Å². The van der Waals surface area contributed by atoms with Gasteiger partial charge in [-0.2, -0.15) is 0 Å². The molecule has 4 rings (SSSR count). The quantitative estimate of drug-likeness (QED) is 0.554. The molecule has 0 aromatic heterocycles. The van der Waals surface area contributed by atoms with Gasteiger partial charge in [0.05, 0.1) is 0 Å². The topological polar surface area (TPSA) is 83.6 Å². The number of carbonyl (C=O) groups excluding carboxylic acids is 4. The first-order chi connectivity index (χ1) is 15.3. The number of nitrogens with one attached hydrogen (secondary N) is 1. The van der Waals surface area contributed by atoms with Gasteiger partial charge in [-0.1, -0.05) is 38.1 Å². The van der Waals surface area contributed by atoms with Crippen LogP contribution in [0.1, 0.15) is 70.9 Å². The van der Waals surface area contributed by atoms with Crippen LogP contribution in [0.5, 0.6) is 0 Å². The van der Waals surface area contributed by atoms with Crippen molar-refractivity contribution in [2.24, 2.45) is 5.92 Å². The van der Waals surface area contributed by atoms with E-state index in [2.05, 4.69) is 5.32 Å². The number of rotatable bonds is 6. The van der Waals surface area contributed by atoms with Crippen LogP contribution in [-0.4, -0.2) is 34.4 Å². The number of benzene rings is 2. The maximum absolute atomic E-state index is 14.3. The number of piperidine rings is 1. The third kappa shape index (κ3) is 4.07. The predicted octanol–water partition coefficient (Wildman–Crippen LogP) is 3.60. The molecule has 6 nitrogen and oxygen atoms in total. The van der Waals surface area contributed by atoms with Crippen LogP contribution < -0.4 is 5.32 Å². The van der Waals surface area contributed by atoms with E-state index < -0.39 is 11.9 Å². The first-order valence-corrected chi connectivity index (χ1v) is 10.8. The molecule has 0 radical (unpaired) electrons. The molecule has 0 bridgehead atoms. The standard InChI is InChI=1S/C25H25FN2O4/c1-14(2)19(18-5-3-4-6-20(18)26)12-22(29)15-7-8-17-16(11-15)13-28(25(17)32)21-9-10-23(30)27-24(21)31/h3-8,11,14,19,21H,9-10,12-13H2,1-2H3,(H,27,30,31)/t19-,21?/m0/s1. The molecule has 2 aliphatic heterocycles. The summed E-state index contributed by atoms with van der Waals surface area (Å²) >= 11 is 0. The van der Waals surface area contributed by atoms with Gasteiger partial charge in [-0.3, -0.25) is 24.5 Å². The number of carbonyl (C=O) groups is 4. The van der Waals surface area contributed by atoms with Crippen molar-refractivity contribution in [2.45, 2.75) is 51.6 Å². The highest BCUT2D eigenvalue weighted by Gasteiger charge is 2.39. The number of hydrogen-bond acceptors (Lipinski definition) is 4. The Morgan fingerprint density at radius 2 is 1.91 bits per heavy atom. The van der Waals surface area contributed by atoms with Crippen LogP contribution in [0.4, 0.5) is 4.39 Å². The van der Waals surface area contributed by atoms with E-state index >= 15 is 0 Å². The number of ketones is 1. The first-order valence-electron chi connectivity index (χ1n) is 10.8. The molecule has 1 unspecified atom stereocenters. The number of nitrogens with zero attached hydrogens (tertiary/aromatic N) is 1. The van der Waals surface area contributed by atoms with Crippen LogP contribution in [-0.2, 0) is 16.1 Å². The van der Waals surface area contributed by atoms with Crippen molar-refractivity contribution in [3.05, 3.63) is 70.5 Å². The van der Waals surface area contributed by atoms with E-state index in [1.165, 1.54) is 11.0 Å². The van der Waals surface area contributed by atoms with Crippen molar-refractivity contribution < 1.29 is 23.6 Å². The second-order valence-electron chi connectivity index (χ2n) is 8.77. The summed E-state index contributed by atoms with van der Waals surface area (Å²) in [6.07, 6.45) is 0.629. The van der Waals surface area contributed by atoms with E-state index in [-0.39, 0.29) is 61.1 Å². The third-order valence-corrected chi connectivity index (χ3v) is 6.36. The van der Waals surface area contributed by atoms with Gasteiger partial charge in [0.1, 0.15) is 11.9 Å². The Morgan fingerprint density at radius 1 is 1.16 bits per heavy atom. The van der Waals surface area contributed by atoms with Crippen LogP contribution in [0, 0.1) is 11.7 Å². The molecule has 2 aromatic carbocycles. The number of imide groups is 1. The Morgan fingerprint density at radius 3 is 2.59 bits per heavy atom. The summed E-state index contributed by atoms with van der Waals surface area (Å²) in [6.45, 7) is 4.13. The molecule has 0 spiro atoms. The second-order valence-corrected chi connectivity index (χ2v) is 8.77. The minimum atomic E-state index is -0.696. The van der Waals surface area contributed by atoms with Gasteiger partial charge >= 0.3 is 0 Å². The van der Waals surface area contributed by atoms with Gasteiger partial charge in [0, 0.05) is 30.5 Å². The van der Waals surface area contributed by atoms with Gasteiger partial charge in [-0.15, -0.1) is 0 Å². The summed E-state index contributed by atoms with van der Waals surface area (Å²) in [6, 6.07) is 10.7. The van der Waals surface area contributed by atoms with Gasteiger partial charge in [-0.05, 0) is 47.6 Å². The molecular weight excluding hydrogens is 411 g/mol. The number of fused-ring (bicyclic) bond motifs is 1. The number of halogens is 1. The lowest BCUT2D eigenvalue weighted by molar-refractivity contribution is -0.136. The lowest BCUT2D eigenvalue weighted by Crippen LogP contribution is -2.52. The Bertz CT molecular complexity index is 1110. The van der Waals surface area contributed by atoms with Crippen LogP contribution in [0.3, 0.4) is 0 Å². The highest BCUT2D eigenvalue weighted by molar-refractivity contribution is 6.06. The van der Waals surface area contributed by atoms with Crippen molar-refractivity contribution in [2.75, 3.05) is 0 Å². The summed E-state index contributed by atoms with van der Waals surface area (Å²) in [5.41, 5.74) is 2.12. The third-order valence-electron chi connectivity index (χ3n) is 6.36. The predicted molar refractivity (Wildman–Crippen MR) is 115 cm³/mol. The summed E-state index contributed by atoms with van der Waals surface area (Å²) < 4.78 is 14.3. The maximum atomic E-state index is 14.3. The van der Waals surface area contributed by atoms with Crippen molar-refractivity contribution in [3.8, 4) is 0 Å². The zero-order valence-electron chi connectivity index (χ0n) is 18.1. The summed E-state index contributed by atoms with van der Waals surface area (Å²) in [4.78, 5) is 51.0. The van der Waals surface area contributed by atoms with Crippen LogP contribution in [0.25, 0.3) is 0 Å². The lowest BCUT2D eigenvalue weighted by Gasteiger charge is -2.29. The molecule has 0 aliphatic carbocycles. The molecule has 1 N–H and O–H groups in total. The van der Waals surface area contributed by atoms with Crippen LogP contribution in [0.2, 0.25) is 0 Å². The number of amides is 3. The Labute approximate surface area is 185 Å². The van der Waals surface area contributed by atoms with Crippen molar-refractivity contribution in [1.29, 1.82) is 0 Å². The van der Waals surface area contributed by atoms with Gasteiger partial charge in [-0.25, -0.2) is 4.39 Å². The largest absolute Gasteiger partial charge is 0.322 e. The molecule has 3 amide bonds. The molecule has 2 aromatic rings. The van der Waals surface area contributed by atoms with Gasteiger partial charge < -0.3 is 4.90 Å². The molecule has 166 valence electrons. The molecule has 2 heterocycles. The minimum absolute atomic E-state index is 0.0647. The van der Waals surface area contributed by atoms with Crippen LogP contribution in [0.15, 0.2) is 42.5 Å². The van der Waals surface area contributed by atoms with E-state index in [1.54, 1.807) is 36.4 Å². The molecular formula is C25H25FN2O4.